The van der Waals surface area contributed by atoms with Crippen LogP contribution < -0.4 is 5.32 Å². The lowest BCUT2D eigenvalue weighted by molar-refractivity contribution is 0.134. The fourth-order valence-corrected chi connectivity index (χ4v) is 1.95. The van der Waals surface area contributed by atoms with Crippen molar-refractivity contribution < 1.29 is 14.6 Å². The van der Waals surface area contributed by atoms with Crippen LogP contribution in [0.3, 0.4) is 0 Å². The van der Waals surface area contributed by atoms with E-state index in [4.69, 9.17) is 27.9 Å². The molecule has 0 radical (unpaired) electrons. The summed E-state index contributed by atoms with van der Waals surface area (Å²) in [5, 5.41) is 12.8. The Hall–Kier alpha value is -0.970. The zero-order valence-electron chi connectivity index (χ0n) is 11.4. The van der Waals surface area contributed by atoms with Crippen molar-refractivity contribution >= 4 is 29.3 Å². The quantitative estimate of drug-likeness (QED) is 0.757. The third kappa shape index (κ3) is 5.99. The maximum absolute atomic E-state index is 11.5. The average molecular weight is 320 g/mol. The molecular weight excluding hydrogens is 301 g/mol. The third-order valence-corrected chi connectivity index (χ3v) is 3.48. The first kappa shape index (κ1) is 17.1. The molecule has 0 bridgehead atoms. The van der Waals surface area contributed by atoms with E-state index in [-0.39, 0.29) is 6.61 Å². The maximum atomic E-state index is 11.5. The van der Waals surface area contributed by atoms with Gasteiger partial charge in [-0.15, -0.1) is 0 Å². The van der Waals surface area contributed by atoms with Gasteiger partial charge < -0.3 is 15.2 Å². The van der Waals surface area contributed by atoms with Crippen molar-refractivity contribution in [1.29, 1.82) is 0 Å². The Balaban J connectivity index is 2.49. The summed E-state index contributed by atoms with van der Waals surface area (Å²) in [7, 11) is 0. The van der Waals surface area contributed by atoms with E-state index in [1.807, 2.05) is 6.92 Å². The molecule has 20 heavy (non-hydrogen) atoms. The molecule has 1 atom stereocenters. The van der Waals surface area contributed by atoms with Crippen molar-refractivity contribution in [3.8, 4) is 0 Å². The molecule has 0 saturated heterocycles. The van der Waals surface area contributed by atoms with Crippen LogP contribution in [0.5, 0.6) is 0 Å². The fourth-order valence-electron chi connectivity index (χ4n) is 1.63. The van der Waals surface area contributed by atoms with Crippen LogP contribution in [0.1, 0.15) is 25.3 Å². The van der Waals surface area contributed by atoms with Crippen LogP contribution in [-0.2, 0) is 11.2 Å². The van der Waals surface area contributed by atoms with E-state index in [1.54, 1.807) is 18.2 Å². The van der Waals surface area contributed by atoms with Crippen LogP contribution in [0.4, 0.5) is 4.79 Å². The van der Waals surface area contributed by atoms with E-state index in [0.29, 0.717) is 23.1 Å². The van der Waals surface area contributed by atoms with E-state index < -0.39 is 12.1 Å². The van der Waals surface area contributed by atoms with Crippen molar-refractivity contribution in [2.24, 2.45) is 0 Å². The van der Waals surface area contributed by atoms with Crippen LogP contribution in [-0.4, -0.2) is 30.5 Å². The van der Waals surface area contributed by atoms with Crippen molar-refractivity contribution in [3.63, 3.8) is 0 Å². The predicted octanol–water partition coefficient (Wildman–Crippen LogP) is 3.42. The van der Waals surface area contributed by atoms with Gasteiger partial charge in [0, 0.05) is 0 Å². The van der Waals surface area contributed by atoms with Gasteiger partial charge in [0.1, 0.15) is 0 Å². The van der Waals surface area contributed by atoms with Gasteiger partial charge in [0.15, 0.2) is 0 Å². The summed E-state index contributed by atoms with van der Waals surface area (Å²) in [6.07, 6.45) is 1.72. The number of benzene rings is 1. The number of ether oxygens (including phenoxy) is 1. The third-order valence-electron chi connectivity index (χ3n) is 2.74. The molecule has 0 aliphatic rings. The number of alkyl carbamates (subject to hydrolysis) is 1. The highest BCUT2D eigenvalue weighted by Crippen LogP contribution is 2.23. The Morgan fingerprint density at radius 3 is 2.75 bits per heavy atom. The number of halogens is 2. The largest absolute Gasteiger partial charge is 0.450 e. The molecule has 1 unspecified atom stereocenters. The molecule has 1 rings (SSSR count). The van der Waals surface area contributed by atoms with Gasteiger partial charge in [-0.2, -0.15) is 0 Å². The number of aliphatic hydroxyl groups excluding tert-OH is 1. The minimum atomic E-state index is -0.516. The van der Waals surface area contributed by atoms with Gasteiger partial charge in [-0.3, -0.25) is 0 Å². The summed E-state index contributed by atoms with van der Waals surface area (Å²) in [6, 6.07) is 4.80. The van der Waals surface area contributed by atoms with Crippen molar-refractivity contribution in [2.75, 3.05) is 13.2 Å². The number of aliphatic hydroxyl groups is 1. The molecule has 0 spiro atoms. The summed E-state index contributed by atoms with van der Waals surface area (Å²) < 4.78 is 4.99. The highest BCUT2D eigenvalue weighted by atomic mass is 35.5. The summed E-state index contributed by atoms with van der Waals surface area (Å²) in [6.45, 7) is 2.22. The summed E-state index contributed by atoms with van der Waals surface area (Å²) >= 11 is 11.8. The lowest BCUT2D eigenvalue weighted by Gasteiger charge is -2.16. The van der Waals surface area contributed by atoms with Gasteiger partial charge in [-0.05, 0) is 30.5 Å². The van der Waals surface area contributed by atoms with Gasteiger partial charge in [-0.25, -0.2) is 4.79 Å². The fraction of sp³-hybridized carbons (Fsp3) is 0.500. The lowest BCUT2D eigenvalue weighted by Crippen LogP contribution is -2.39. The second-order valence-corrected chi connectivity index (χ2v) is 5.28. The number of rotatable bonds is 7. The van der Waals surface area contributed by atoms with Gasteiger partial charge in [-0.1, -0.05) is 42.6 Å². The lowest BCUT2D eigenvalue weighted by atomic mass is 10.1. The van der Waals surface area contributed by atoms with Crippen LogP contribution in [0.2, 0.25) is 10.0 Å². The zero-order valence-corrected chi connectivity index (χ0v) is 12.9. The zero-order chi connectivity index (χ0) is 15.0. The van der Waals surface area contributed by atoms with Gasteiger partial charge in [0.2, 0.25) is 0 Å². The van der Waals surface area contributed by atoms with E-state index >= 15 is 0 Å². The summed E-state index contributed by atoms with van der Waals surface area (Å²) in [5.41, 5.74) is 0.882. The Morgan fingerprint density at radius 2 is 2.15 bits per heavy atom. The van der Waals surface area contributed by atoms with Crippen LogP contribution >= 0.6 is 23.2 Å². The molecule has 4 nitrogen and oxygen atoms in total. The van der Waals surface area contributed by atoms with E-state index in [1.165, 1.54) is 0 Å². The number of hydrogen-bond acceptors (Lipinski definition) is 3. The molecule has 1 aromatic rings. The highest BCUT2D eigenvalue weighted by Gasteiger charge is 2.13. The molecule has 1 amide bonds. The Labute approximate surface area is 129 Å². The number of nitrogens with one attached hydrogen (secondary N) is 1. The molecule has 0 aliphatic heterocycles. The van der Waals surface area contributed by atoms with Crippen LogP contribution in [0.25, 0.3) is 0 Å². The van der Waals surface area contributed by atoms with E-state index in [2.05, 4.69) is 5.32 Å². The van der Waals surface area contributed by atoms with Crippen molar-refractivity contribution in [3.05, 3.63) is 33.8 Å². The molecule has 6 heteroatoms. The Kier molecular flexibility index (Phi) is 7.73. The monoisotopic (exact) mass is 319 g/mol. The first-order valence-electron chi connectivity index (χ1n) is 6.54. The maximum Gasteiger partial charge on any atom is 0.407 e. The average Bonchev–Trinajstić information content (AvgIpc) is 2.42. The number of unbranched alkanes of at least 4 members (excludes halogenated alkanes) is 1. The smallest absolute Gasteiger partial charge is 0.407 e. The standard InChI is InChI=1S/C14H19Cl2NO3/c1-2-3-6-20-14(19)17-11(9-18)7-10-4-5-12(15)13(16)8-10/h4-5,8,11,18H,2-3,6-7,9H2,1H3,(H,17,19). The molecule has 0 fully saturated rings. The molecule has 0 aliphatic carbocycles. The number of carbonyl (C=O) groups is 1. The summed E-state index contributed by atoms with van der Waals surface area (Å²) in [5.74, 6) is 0. The second-order valence-electron chi connectivity index (χ2n) is 4.47. The van der Waals surface area contributed by atoms with Crippen LogP contribution in [0, 0.1) is 0 Å². The van der Waals surface area contributed by atoms with Crippen molar-refractivity contribution in [2.45, 2.75) is 32.2 Å². The summed E-state index contributed by atoms with van der Waals surface area (Å²) in [4.78, 5) is 11.5. The number of hydrogen-bond donors (Lipinski definition) is 2. The van der Waals surface area contributed by atoms with Gasteiger partial charge in [0.25, 0.3) is 0 Å². The molecule has 0 saturated carbocycles. The minimum absolute atomic E-state index is 0.177. The molecule has 112 valence electrons. The molecule has 2 N–H and O–H groups in total. The first-order valence-corrected chi connectivity index (χ1v) is 7.30. The van der Waals surface area contributed by atoms with E-state index in [0.717, 1.165) is 18.4 Å². The van der Waals surface area contributed by atoms with Gasteiger partial charge in [0.05, 0.1) is 29.3 Å². The molecule has 1 aromatic carbocycles. The molecular formula is C14H19Cl2NO3. The topological polar surface area (TPSA) is 58.6 Å². The Morgan fingerprint density at radius 1 is 1.40 bits per heavy atom. The normalized spacial score (nSPS) is 12.0. The van der Waals surface area contributed by atoms with E-state index in [9.17, 15) is 9.90 Å². The number of carbonyl (C=O) groups excluding carboxylic acids is 1. The van der Waals surface area contributed by atoms with Crippen LogP contribution in [0.15, 0.2) is 18.2 Å². The van der Waals surface area contributed by atoms with Gasteiger partial charge >= 0.3 is 6.09 Å². The molecule has 0 aromatic heterocycles. The minimum Gasteiger partial charge on any atom is -0.450 e. The van der Waals surface area contributed by atoms with Crippen molar-refractivity contribution in [1.82, 2.24) is 5.32 Å². The predicted molar refractivity (Wildman–Crippen MR) is 80.4 cm³/mol. The SMILES string of the molecule is CCCCOC(=O)NC(CO)Cc1ccc(Cl)c(Cl)c1. The molecule has 0 heterocycles. The second kappa shape index (κ2) is 9.06. The Bertz CT molecular complexity index is 440. The first-order chi connectivity index (χ1) is 9.56. The highest BCUT2D eigenvalue weighted by molar-refractivity contribution is 6.42. The number of amides is 1.